The minimum absolute atomic E-state index is 0.571. The van der Waals surface area contributed by atoms with Crippen LogP contribution in [0.25, 0.3) is 0 Å². The fourth-order valence-corrected chi connectivity index (χ4v) is 2.56. The third-order valence-corrected chi connectivity index (χ3v) is 3.10. The van der Waals surface area contributed by atoms with Crippen LogP contribution >= 0.6 is 15.9 Å². The van der Waals surface area contributed by atoms with Gasteiger partial charge in [-0.2, -0.15) is 0 Å². The summed E-state index contributed by atoms with van der Waals surface area (Å²) in [6.07, 6.45) is 0.843. The standard InChI is InChI=1S/C11H12BrNO2/c1-10(2)13-11(12,7-14)8-5-3-4-6-9(8)15-10/h3-7,13H,1-2H3. The van der Waals surface area contributed by atoms with Crippen LogP contribution in [0.3, 0.4) is 0 Å². The van der Waals surface area contributed by atoms with E-state index in [9.17, 15) is 4.79 Å². The molecule has 1 atom stereocenters. The number of fused-ring (bicyclic) bond motifs is 1. The summed E-state index contributed by atoms with van der Waals surface area (Å²) in [4.78, 5) is 11.2. The number of aldehydes is 1. The highest BCUT2D eigenvalue weighted by atomic mass is 79.9. The second-order valence-electron chi connectivity index (χ2n) is 4.06. The van der Waals surface area contributed by atoms with Crippen LogP contribution in [-0.2, 0) is 9.24 Å². The number of para-hydroxylation sites is 1. The smallest absolute Gasteiger partial charge is 0.162 e. The van der Waals surface area contributed by atoms with Crippen molar-refractivity contribution < 1.29 is 9.53 Å². The number of alkyl halides is 1. The van der Waals surface area contributed by atoms with Crippen molar-refractivity contribution in [2.45, 2.75) is 24.0 Å². The van der Waals surface area contributed by atoms with Crippen molar-refractivity contribution in [1.29, 1.82) is 0 Å². The lowest BCUT2D eigenvalue weighted by Gasteiger charge is -2.41. The number of halogens is 1. The molecule has 1 N–H and O–H groups in total. The lowest BCUT2D eigenvalue weighted by molar-refractivity contribution is -0.113. The quantitative estimate of drug-likeness (QED) is 0.483. The summed E-state index contributed by atoms with van der Waals surface area (Å²) in [6.45, 7) is 3.75. The summed E-state index contributed by atoms with van der Waals surface area (Å²) in [5.74, 6) is 0.727. The Kier molecular flexibility index (Phi) is 2.35. The first-order valence-electron chi connectivity index (χ1n) is 4.70. The minimum Gasteiger partial charge on any atom is -0.473 e. The zero-order valence-electron chi connectivity index (χ0n) is 8.58. The van der Waals surface area contributed by atoms with Crippen LogP contribution in [0.15, 0.2) is 24.3 Å². The highest BCUT2D eigenvalue weighted by Crippen LogP contribution is 2.40. The molecular formula is C11H12BrNO2. The number of carbonyl (C=O) groups excluding carboxylic acids is 1. The Bertz CT molecular complexity index is 405. The summed E-state index contributed by atoms with van der Waals surface area (Å²) in [5, 5.41) is 3.10. The van der Waals surface area contributed by atoms with Crippen molar-refractivity contribution in [3.05, 3.63) is 29.8 Å². The molecule has 15 heavy (non-hydrogen) atoms. The van der Waals surface area contributed by atoms with E-state index in [1.165, 1.54) is 0 Å². The second-order valence-corrected chi connectivity index (χ2v) is 5.31. The largest absolute Gasteiger partial charge is 0.473 e. The van der Waals surface area contributed by atoms with E-state index in [4.69, 9.17) is 4.74 Å². The Balaban J connectivity index is 2.57. The predicted octanol–water partition coefficient (Wildman–Crippen LogP) is 2.15. The van der Waals surface area contributed by atoms with E-state index in [0.29, 0.717) is 0 Å². The van der Waals surface area contributed by atoms with Crippen molar-refractivity contribution in [3.8, 4) is 5.75 Å². The van der Waals surface area contributed by atoms with Crippen LogP contribution < -0.4 is 10.1 Å². The molecule has 4 heteroatoms. The first-order chi connectivity index (χ1) is 6.97. The molecule has 0 saturated carbocycles. The van der Waals surface area contributed by atoms with Gasteiger partial charge in [0, 0.05) is 5.56 Å². The van der Waals surface area contributed by atoms with Gasteiger partial charge in [-0.25, -0.2) is 0 Å². The molecule has 0 bridgehead atoms. The van der Waals surface area contributed by atoms with Gasteiger partial charge in [-0.15, -0.1) is 0 Å². The Morgan fingerprint density at radius 1 is 1.40 bits per heavy atom. The zero-order valence-corrected chi connectivity index (χ0v) is 10.2. The average Bonchev–Trinajstić information content (AvgIpc) is 2.16. The lowest BCUT2D eigenvalue weighted by Crippen LogP contribution is -2.57. The molecule has 1 aliphatic heterocycles. The first kappa shape index (κ1) is 10.6. The van der Waals surface area contributed by atoms with Crippen LogP contribution in [0.4, 0.5) is 0 Å². The summed E-state index contributed by atoms with van der Waals surface area (Å²) < 4.78 is 4.86. The minimum atomic E-state index is -0.856. The number of hydrogen-bond acceptors (Lipinski definition) is 3. The molecule has 0 aliphatic carbocycles. The van der Waals surface area contributed by atoms with Gasteiger partial charge in [0.25, 0.3) is 0 Å². The average molecular weight is 270 g/mol. The SMILES string of the molecule is CC1(C)NC(Br)(C=O)c2ccccc2O1. The number of rotatable bonds is 1. The Morgan fingerprint density at radius 3 is 2.73 bits per heavy atom. The van der Waals surface area contributed by atoms with E-state index in [0.717, 1.165) is 17.6 Å². The predicted molar refractivity (Wildman–Crippen MR) is 61.0 cm³/mol. The molecule has 80 valence electrons. The number of ether oxygens (including phenoxy) is 1. The number of hydrogen-bond donors (Lipinski definition) is 1. The van der Waals surface area contributed by atoms with E-state index in [2.05, 4.69) is 21.2 Å². The lowest BCUT2D eigenvalue weighted by atomic mass is 10.0. The van der Waals surface area contributed by atoms with E-state index in [1.54, 1.807) is 0 Å². The van der Waals surface area contributed by atoms with Crippen LogP contribution in [0.5, 0.6) is 5.75 Å². The Hall–Kier alpha value is -0.870. The summed E-state index contributed by atoms with van der Waals surface area (Å²) in [7, 11) is 0. The topological polar surface area (TPSA) is 38.3 Å². The maximum atomic E-state index is 11.2. The van der Waals surface area contributed by atoms with Crippen LogP contribution in [-0.4, -0.2) is 12.0 Å². The molecule has 2 rings (SSSR count). The highest BCUT2D eigenvalue weighted by Gasteiger charge is 2.42. The fraction of sp³-hybridized carbons (Fsp3) is 0.364. The summed E-state index contributed by atoms with van der Waals surface area (Å²) in [5.41, 5.74) is 0.234. The van der Waals surface area contributed by atoms with Crippen LogP contribution in [0.1, 0.15) is 19.4 Å². The van der Waals surface area contributed by atoms with Gasteiger partial charge in [-0.1, -0.05) is 34.1 Å². The third-order valence-electron chi connectivity index (χ3n) is 2.29. The normalized spacial score (nSPS) is 27.7. The molecule has 1 aromatic rings. The van der Waals surface area contributed by atoms with Gasteiger partial charge in [-0.05, 0) is 19.9 Å². The molecular weight excluding hydrogens is 258 g/mol. The molecule has 1 aliphatic rings. The number of benzene rings is 1. The fourth-order valence-electron chi connectivity index (χ4n) is 1.75. The van der Waals surface area contributed by atoms with E-state index in [-0.39, 0.29) is 0 Å². The van der Waals surface area contributed by atoms with Gasteiger partial charge < -0.3 is 4.74 Å². The second kappa shape index (κ2) is 3.32. The summed E-state index contributed by atoms with van der Waals surface area (Å²) in [6, 6.07) is 7.48. The maximum Gasteiger partial charge on any atom is 0.162 e. The van der Waals surface area contributed by atoms with Crippen molar-refractivity contribution >= 4 is 22.2 Å². The first-order valence-corrected chi connectivity index (χ1v) is 5.49. The van der Waals surface area contributed by atoms with Gasteiger partial charge in [0.05, 0.1) is 0 Å². The molecule has 1 heterocycles. The summed E-state index contributed by atoms with van der Waals surface area (Å²) >= 11 is 3.41. The Morgan fingerprint density at radius 2 is 2.07 bits per heavy atom. The molecule has 1 aromatic carbocycles. The molecule has 0 fully saturated rings. The Labute approximate surface area is 96.9 Å². The third kappa shape index (κ3) is 1.79. The van der Waals surface area contributed by atoms with Gasteiger partial charge in [0.15, 0.2) is 16.5 Å². The van der Waals surface area contributed by atoms with Crippen molar-refractivity contribution in [3.63, 3.8) is 0 Å². The number of carbonyl (C=O) groups is 1. The molecule has 1 unspecified atom stereocenters. The monoisotopic (exact) mass is 269 g/mol. The van der Waals surface area contributed by atoms with Gasteiger partial charge in [0.2, 0.25) is 0 Å². The number of nitrogens with one attached hydrogen (secondary N) is 1. The van der Waals surface area contributed by atoms with E-state index in [1.807, 2.05) is 38.1 Å². The van der Waals surface area contributed by atoms with Gasteiger partial charge >= 0.3 is 0 Å². The van der Waals surface area contributed by atoms with E-state index < -0.39 is 10.2 Å². The van der Waals surface area contributed by atoms with Crippen molar-refractivity contribution in [2.24, 2.45) is 0 Å². The molecule has 0 aromatic heterocycles. The van der Waals surface area contributed by atoms with Crippen LogP contribution in [0.2, 0.25) is 0 Å². The zero-order chi connectivity index (χ0) is 11.1. The van der Waals surface area contributed by atoms with Gasteiger partial charge in [-0.3, -0.25) is 10.1 Å². The molecule has 3 nitrogen and oxygen atoms in total. The van der Waals surface area contributed by atoms with Crippen molar-refractivity contribution in [2.75, 3.05) is 0 Å². The van der Waals surface area contributed by atoms with Crippen LogP contribution in [0, 0.1) is 0 Å². The molecule has 0 saturated heterocycles. The molecule has 0 amide bonds. The van der Waals surface area contributed by atoms with Gasteiger partial charge in [0.1, 0.15) is 5.75 Å². The molecule has 0 radical (unpaired) electrons. The highest BCUT2D eigenvalue weighted by molar-refractivity contribution is 9.10. The van der Waals surface area contributed by atoms with Crippen molar-refractivity contribution in [1.82, 2.24) is 5.32 Å². The van der Waals surface area contributed by atoms with E-state index >= 15 is 0 Å². The molecule has 0 spiro atoms. The maximum absolute atomic E-state index is 11.2.